The summed E-state index contributed by atoms with van der Waals surface area (Å²) in [5.74, 6) is 0. The van der Waals surface area contributed by atoms with Crippen LogP contribution in [-0.4, -0.2) is 15.0 Å². The maximum Gasteiger partial charge on any atom is 0.143 e. The second-order valence-electron chi connectivity index (χ2n) is 3.57. The number of aromatic nitrogens is 3. The van der Waals surface area contributed by atoms with Crippen LogP contribution in [-0.2, 0) is 6.54 Å². The fraction of sp³-hybridized carbons (Fsp3) is 0.800. The molecule has 0 amide bonds. The Bertz CT molecular complexity index is 247. The van der Waals surface area contributed by atoms with Crippen molar-refractivity contribution in [1.82, 2.24) is 15.0 Å². The molecule has 1 aromatic heterocycles. The van der Waals surface area contributed by atoms with Gasteiger partial charge < -0.3 is 0 Å². The summed E-state index contributed by atoms with van der Waals surface area (Å²) >= 11 is 2.19. The number of halogens is 1. The fourth-order valence-corrected chi connectivity index (χ4v) is 1.86. The van der Waals surface area contributed by atoms with Gasteiger partial charge in [-0.1, -0.05) is 44.2 Å². The third-order valence-corrected chi connectivity index (χ3v) is 2.75. The molecule has 1 rings (SSSR count). The molecule has 0 saturated carbocycles. The molecular formula is C10H18IN3. The number of aryl methyl sites for hydroxylation is 1. The minimum atomic E-state index is 0.980. The Morgan fingerprint density at radius 1 is 1.21 bits per heavy atom. The summed E-state index contributed by atoms with van der Waals surface area (Å²) in [6.07, 6.45) is 9.97. The lowest BCUT2D eigenvalue weighted by atomic mass is 10.1. The summed E-state index contributed by atoms with van der Waals surface area (Å²) in [7, 11) is 0. The van der Waals surface area contributed by atoms with E-state index in [0.717, 1.165) is 10.2 Å². The van der Waals surface area contributed by atoms with E-state index in [4.69, 9.17) is 0 Å². The minimum absolute atomic E-state index is 0.980. The second kappa shape index (κ2) is 7.20. The first-order chi connectivity index (χ1) is 6.83. The van der Waals surface area contributed by atoms with Gasteiger partial charge in [0, 0.05) is 6.54 Å². The summed E-state index contributed by atoms with van der Waals surface area (Å²) in [5.41, 5.74) is 0. The first-order valence-corrected chi connectivity index (χ1v) is 6.46. The van der Waals surface area contributed by atoms with Gasteiger partial charge in [-0.2, -0.15) is 0 Å². The predicted octanol–water partition coefficient (Wildman–Crippen LogP) is 3.24. The molecule has 14 heavy (non-hydrogen) atoms. The summed E-state index contributed by atoms with van der Waals surface area (Å²) in [6.45, 7) is 3.26. The Morgan fingerprint density at radius 2 is 1.93 bits per heavy atom. The maximum atomic E-state index is 4.01. The number of unbranched alkanes of at least 4 members (excludes halogenated alkanes) is 5. The van der Waals surface area contributed by atoms with Crippen LogP contribution in [0, 0.1) is 3.70 Å². The van der Waals surface area contributed by atoms with Gasteiger partial charge in [0.2, 0.25) is 0 Å². The van der Waals surface area contributed by atoms with E-state index in [2.05, 4.69) is 39.8 Å². The van der Waals surface area contributed by atoms with Crippen molar-refractivity contribution in [3.63, 3.8) is 0 Å². The van der Waals surface area contributed by atoms with Crippen LogP contribution in [0.2, 0.25) is 0 Å². The van der Waals surface area contributed by atoms with Crippen LogP contribution in [0.25, 0.3) is 0 Å². The third kappa shape index (κ3) is 4.93. The van der Waals surface area contributed by atoms with Crippen molar-refractivity contribution >= 4 is 22.6 Å². The molecule has 0 bridgehead atoms. The Morgan fingerprint density at radius 3 is 2.57 bits per heavy atom. The van der Waals surface area contributed by atoms with Crippen molar-refractivity contribution in [2.24, 2.45) is 0 Å². The summed E-state index contributed by atoms with van der Waals surface area (Å²) < 4.78 is 2.91. The molecule has 0 aromatic carbocycles. The molecule has 0 radical (unpaired) electrons. The first kappa shape index (κ1) is 11.9. The largest absolute Gasteiger partial charge is 0.251 e. The van der Waals surface area contributed by atoms with Crippen molar-refractivity contribution in [3.05, 3.63) is 9.90 Å². The zero-order valence-electron chi connectivity index (χ0n) is 8.75. The molecule has 0 N–H and O–H groups in total. The van der Waals surface area contributed by atoms with Gasteiger partial charge in [0.15, 0.2) is 0 Å². The van der Waals surface area contributed by atoms with Gasteiger partial charge in [0.1, 0.15) is 3.70 Å². The molecule has 1 aromatic rings. The van der Waals surface area contributed by atoms with Crippen LogP contribution in [0.4, 0.5) is 0 Å². The van der Waals surface area contributed by atoms with E-state index in [9.17, 15) is 0 Å². The van der Waals surface area contributed by atoms with E-state index in [0.29, 0.717) is 0 Å². The van der Waals surface area contributed by atoms with Crippen LogP contribution in [0.3, 0.4) is 0 Å². The van der Waals surface area contributed by atoms with Gasteiger partial charge in [-0.05, 0) is 29.0 Å². The van der Waals surface area contributed by atoms with Crippen LogP contribution in [0.5, 0.6) is 0 Å². The molecule has 80 valence electrons. The molecule has 0 spiro atoms. The average Bonchev–Trinajstić information content (AvgIpc) is 2.58. The zero-order valence-corrected chi connectivity index (χ0v) is 10.9. The molecule has 0 fully saturated rings. The lowest BCUT2D eigenvalue weighted by molar-refractivity contribution is 0.516. The highest BCUT2D eigenvalue weighted by molar-refractivity contribution is 14.1. The topological polar surface area (TPSA) is 30.7 Å². The van der Waals surface area contributed by atoms with Crippen LogP contribution < -0.4 is 0 Å². The SMILES string of the molecule is CCCCCCCCn1cc(I)nn1. The van der Waals surface area contributed by atoms with E-state index in [1.807, 2.05) is 10.9 Å². The molecule has 0 atom stereocenters. The molecule has 0 unspecified atom stereocenters. The van der Waals surface area contributed by atoms with E-state index >= 15 is 0 Å². The molecule has 0 saturated heterocycles. The Kier molecular flexibility index (Phi) is 6.14. The maximum absolute atomic E-state index is 4.01. The molecular weight excluding hydrogens is 289 g/mol. The van der Waals surface area contributed by atoms with Gasteiger partial charge in [0.05, 0.1) is 6.20 Å². The van der Waals surface area contributed by atoms with E-state index in [-0.39, 0.29) is 0 Å². The normalized spacial score (nSPS) is 10.7. The highest BCUT2D eigenvalue weighted by atomic mass is 127. The minimum Gasteiger partial charge on any atom is -0.251 e. The van der Waals surface area contributed by atoms with Crippen LogP contribution >= 0.6 is 22.6 Å². The van der Waals surface area contributed by atoms with E-state index < -0.39 is 0 Å². The van der Waals surface area contributed by atoms with Crippen LogP contribution in [0.15, 0.2) is 6.20 Å². The van der Waals surface area contributed by atoms with Crippen molar-refractivity contribution in [2.45, 2.75) is 52.0 Å². The Balaban J connectivity index is 1.99. The van der Waals surface area contributed by atoms with E-state index in [1.54, 1.807) is 0 Å². The summed E-state index contributed by atoms with van der Waals surface area (Å²) in [4.78, 5) is 0. The molecule has 3 nitrogen and oxygen atoms in total. The van der Waals surface area contributed by atoms with E-state index in [1.165, 1.54) is 38.5 Å². The number of nitrogens with zero attached hydrogens (tertiary/aromatic N) is 3. The van der Waals surface area contributed by atoms with Gasteiger partial charge in [-0.25, -0.2) is 0 Å². The van der Waals surface area contributed by atoms with Crippen LogP contribution in [0.1, 0.15) is 45.4 Å². The fourth-order valence-electron chi connectivity index (χ4n) is 1.44. The zero-order chi connectivity index (χ0) is 10.2. The summed E-state index contributed by atoms with van der Waals surface area (Å²) in [5, 5.41) is 7.95. The molecule has 0 aliphatic carbocycles. The van der Waals surface area contributed by atoms with Crippen molar-refractivity contribution < 1.29 is 0 Å². The molecule has 4 heteroatoms. The number of rotatable bonds is 7. The van der Waals surface area contributed by atoms with Crippen molar-refractivity contribution in [3.8, 4) is 0 Å². The molecule has 0 aliphatic heterocycles. The average molecular weight is 307 g/mol. The lowest BCUT2D eigenvalue weighted by Crippen LogP contribution is -1.98. The number of hydrogen-bond acceptors (Lipinski definition) is 2. The molecule has 0 aliphatic rings. The van der Waals surface area contributed by atoms with Gasteiger partial charge in [0.25, 0.3) is 0 Å². The highest BCUT2D eigenvalue weighted by Crippen LogP contribution is 2.06. The second-order valence-corrected chi connectivity index (χ2v) is 4.68. The van der Waals surface area contributed by atoms with Gasteiger partial charge in [-0.3, -0.25) is 4.68 Å². The van der Waals surface area contributed by atoms with Gasteiger partial charge >= 0.3 is 0 Å². The quantitative estimate of drug-likeness (QED) is 0.572. The highest BCUT2D eigenvalue weighted by Gasteiger charge is 1.96. The summed E-state index contributed by atoms with van der Waals surface area (Å²) in [6, 6.07) is 0. The first-order valence-electron chi connectivity index (χ1n) is 5.38. The van der Waals surface area contributed by atoms with Crippen molar-refractivity contribution in [1.29, 1.82) is 0 Å². The smallest absolute Gasteiger partial charge is 0.143 e. The van der Waals surface area contributed by atoms with Gasteiger partial charge in [-0.15, -0.1) is 5.10 Å². The number of hydrogen-bond donors (Lipinski definition) is 0. The predicted molar refractivity (Wildman–Crippen MR) is 66.1 cm³/mol. The Hall–Kier alpha value is -0.130. The standard InChI is InChI=1S/C10H18IN3/c1-2-3-4-5-6-7-8-14-9-10(11)12-13-14/h9H,2-8H2,1H3. The lowest BCUT2D eigenvalue weighted by Gasteiger charge is -2.00. The molecule has 1 heterocycles. The third-order valence-electron chi connectivity index (χ3n) is 2.25. The monoisotopic (exact) mass is 307 g/mol. The van der Waals surface area contributed by atoms with Crippen molar-refractivity contribution in [2.75, 3.05) is 0 Å². The Labute approximate surface area is 99.4 Å².